The predicted molar refractivity (Wildman–Crippen MR) is 99.7 cm³/mol. The molecule has 25 heavy (non-hydrogen) atoms. The molecular formula is C19H24N4OS. The van der Waals surface area contributed by atoms with Gasteiger partial charge in [-0.1, -0.05) is 6.42 Å². The van der Waals surface area contributed by atoms with E-state index in [2.05, 4.69) is 15.2 Å². The average Bonchev–Trinajstić information content (AvgIpc) is 2.90. The lowest BCUT2D eigenvalue weighted by Gasteiger charge is -2.36. The number of nitrogens with one attached hydrogen (secondary N) is 1. The van der Waals surface area contributed by atoms with E-state index in [1.807, 2.05) is 29.7 Å². The molecular weight excluding hydrogens is 332 g/mol. The van der Waals surface area contributed by atoms with E-state index in [9.17, 15) is 4.79 Å². The van der Waals surface area contributed by atoms with Gasteiger partial charge in [-0.05, 0) is 31.4 Å². The number of rotatable bonds is 4. The SMILES string of the molecule is CNC(=O)Cc1ccc(-c2nc3c(s2)CCN(C2CCC2)CC3)cn1. The molecule has 132 valence electrons. The van der Waals surface area contributed by atoms with Crippen LogP contribution in [0, 0.1) is 0 Å². The van der Waals surface area contributed by atoms with Crippen LogP contribution in [0.1, 0.15) is 35.5 Å². The number of hydrogen-bond acceptors (Lipinski definition) is 5. The zero-order valence-corrected chi connectivity index (χ0v) is 15.4. The van der Waals surface area contributed by atoms with E-state index in [-0.39, 0.29) is 5.91 Å². The van der Waals surface area contributed by atoms with Crippen LogP contribution in [-0.2, 0) is 24.1 Å². The maximum absolute atomic E-state index is 11.4. The Morgan fingerprint density at radius 1 is 1.32 bits per heavy atom. The third kappa shape index (κ3) is 3.60. The van der Waals surface area contributed by atoms with Crippen LogP contribution in [0.15, 0.2) is 18.3 Å². The average molecular weight is 356 g/mol. The second-order valence-electron chi connectivity index (χ2n) is 6.90. The summed E-state index contributed by atoms with van der Waals surface area (Å²) in [7, 11) is 1.64. The van der Waals surface area contributed by atoms with E-state index in [1.54, 1.807) is 7.05 Å². The first-order valence-electron chi connectivity index (χ1n) is 9.11. The first-order valence-corrected chi connectivity index (χ1v) is 9.93. The molecule has 0 atom stereocenters. The minimum absolute atomic E-state index is 0.0165. The van der Waals surface area contributed by atoms with E-state index in [1.165, 1.54) is 36.4 Å². The van der Waals surface area contributed by atoms with E-state index in [0.29, 0.717) is 6.42 Å². The summed E-state index contributed by atoms with van der Waals surface area (Å²) in [5.41, 5.74) is 3.11. The van der Waals surface area contributed by atoms with E-state index < -0.39 is 0 Å². The normalized spacial score (nSPS) is 18.3. The zero-order chi connectivity index (χ0) is 17.2. The van der Waals surface area contributed by atoms with Gasteiger partial charge in [0.2, 0.25) is 5.91 Å². The highest BCUT2D eigenvalue weighted by Crippen LogP contribution is 2.32. The highest BCUT2D eigenvalue weighted by Gasteiger charge is 2.27. The minimum atomic E-state index is -0.0165. The first-order chi connectivity index (χ1) is 12.2. The molecule has 0 radical (unpaired) electrons. The van der Waals surface area contributed by atoms with Crippen LogP contribution >= 0.6 is 11.3 Å². The Bertz CT molecular complexity index is 726. The van der Waals surface area contributed by atoms with Crippen LogP contribution < -0.4 is 5.32 Å². The lowest BCUT2D eigenvalue weighted by atomic mass is 9.91. The van der Waals surface area contributed by atoms with Gasteiger partial charge in [-0.15, -0.1) is 11.3 Å². The number of fused-ring (bicyclic) bond motifs is 1. The Labute approximate surface area is 152 Å². The fourth-order valence-corrected chi connectivity index (χ4v) is 4.62. The highest BCUT2D eigenvalue weighted by atomic mass is 32.1. The summed E-state index contributed by atoms with van der Waals surface area (Å²) in [6, 6.07) is 4.78. The van der Waals surface area contributed by atoms with Crippen LogP contribution in [0.3, 0.4) is 0 Å². The molecule has 1 aliphatic heterocycles. The van der Waals surface area contributed by atoms with Gasteiger partial charge in [-0.3, -0.25) is 14.7 Å². The summed E-state index contributed by atoms with van der Waals surface area (Å²) in [6.07, 6.45) is 8.49. The molecule has 1 saturated carbocycles. The van der Waals surface area contributed by atoms with Gasteiger partial charge in [0.1, 0.15) is 5.01 Å². The third-order valence-corrected chi connectivity index (χ3v) is 6.53. The highest BCUT2D eigenvalue weighted by molar-refractivity contribution is 7.15. The van der Waals surface area contributed by atoms with Crippen LogP contribution in [-0.4, -0.2) is 47.0 Å². The van der Waals surface area contributed by atoms with Crippen molar-refractivity contribution in [3.05, 3.63) is 34.6 Å². The quantitative estimate of drug-likeness (QED) is 0.914. The maximum atomic E-state index is 11.4. The molecule has 1 amide bonds. The Morgan fingerprint density at radius 3 is 2.84 bits per heavy atom. The van der Waals surface area contributed by atoms with Crippen molar-refractivity contribution in [1.29, 1.82) is 0 Å². The van der Waals surface area contributed by atoms with E-state index >= 15 is 0 Å². The number of likely N-dealkylation sites (N-methyl/N-ethyl adjacent to an activating group) is 1. The van der Waals surface area contributed by atoms with Crippen molar-refractivity contribution >= 4 is 17.2 Å². The van der Waals surface area contributed by atoms with Gasteiger partial charge in [0.05, 0.1) is 12.1 Å². The summed E-state index contributed by atoms with van der Waals surface area (Å²) >= 11 is 1.81. The molecule has 0 aromatic carbocycles. The molecule has 0 unspecified atom stereocenters. The molecule has 2 aromatic heterocycles. The molecule has 2 aromatic rings. The topological polar surface area (TPSA) is 58.1 Å². The van der Waals surface area contributed by atoms with Crippen molar-refractivity contribution in [3.8, 4) is 10.6 Å². The van der Waals surface area contributed by atoms with E-state index in [4.69, 9.17) is 4.98 Å². The molecule has 3 heterocycles. The molecule has 0 saturated heterocycles. The number of pyridine rings is 1. The Hall–Kier alpha value is -1.79. The van der Waals surface area contributed by atoms with Crippen LogP contribution in [0.2, 0.25) is 0 Å². The molecule has 1 aliphatic carbocycles. The third-order valence-electron chi connectivity index (χ3n) is 5.32. The number of amides is 1. The molecule has 1 N–H and O–H groups in total. The van der Waals surface area contributed by atoms with Gasteiger partial charge in [-0.25, -0.2) is 4.98 Å². The molecule has 5 nitrogen and oxygen atoms in total. The molecule has 0 spiro atoms. The fourth-order valence-electron chi connectivity index (χ4n) is 3.53. The van der Waals surface area contributed by atoms with Crippen molar-refractivity contribution in [2.75, 3.05) is 20.1 Å². The Kier molecular flexibility index (Phi) is 4.81. The van der Waals surface area contributed by atoms with Crippen molar-refractivity contribution in [2.45, 2.75) is 44.6 Å². The van der Waals surface area contributed by atoms with Crippen molar-refractivity contribution < 1.29 is 4.79 Å². The largest absolute Gasteiger partial charge is 0.359 e. The monoisotopic (exact) mass is 356 g/mol. The summed E-state index contributed by atoms with van der Waals surface area (Å²) in [5, 5.41) is 3.68. The van der Waals surface area contributed by atoms with Gasteiger partial charge in [-0.2, -0.15) is 0 Å². The predicted octanol–water partition coefficient (Wildman–Crippen LogP) is 2.45. The van der Waals surface area contributed by atoms with Crippen LogP contribution in [0.4, 0.5) is 0 Å². The molecule has 2 aliphatic rings. The standard InChI is InChI=1S/C19H24N4OS/c1-20-18(24)11-14-6-5-13(12-21-14)19-22-16-7-9-23(15-3-2-4-15)10-8-17(16)25-19/h5-6,12,15H,2-4,7-11H2,1H3,(H,20,24). The number of carbonyl (C=O) groups excluding carboxylic acids is 1. The number of aromatic nitrogens is 2. The van der Waals surface area contributed by atoms with Crippen LogP contribution in [0.5, 0.6) is 0 Å². The van der Waals surface area contributed by atoms with Crippen molar-refractivity contribution in [1.82, 2.24) is 20.2 Å². The van der Waals surface area contributed by atoms with Gasteiger partial charge in [0.25, 0.3) is 0 Å². The Balaban J connectivity index is 1.45. The summed E-state index contributed by atoms with van der Waals surface area (Å²) in [5.74, 6) is -0.0165. The van der Waals surface area contributed by atoms with Crippen molar-refractivity contribution in [3.63, 3.8) is 0 Å². The molecule has 1 fully saturated rings. The van der Waals surface area contributed by atoms with Gasteiger partial charge < -0.3 is 5.32 Å². The Morgan fingerprint density at radius 2 is 2.16 bits per heavy atom. The smallest absolute Gasteiger partial charge is 0.225 e. The molecule has 6 heteroatoms. The van der Waals surface area contributed by atoms with Gasteiger partial charge >= 0.3 is 0 Å². The van der Waals surface area contributed by atoms with E-state index in [0.717, 1.165) is 41.7 Å². The molecule has 0 bridgehead atoms. The zero-order valence-electron chi connectivity index (χ0n) is 14.6. The second kappa shape index (κ2) is 7.22. The first kappa shape index (κ1) is 16.7. The molecule has 4 rings (SSSR count). The summed E-state index contributed by atoms with van der Waals surface area (Å²) < 4.78 is 0. The van der Waals surface area contributed by atoms with Gasteiger partial charge in [0.15, 0.2) is 0 Å². The fraction of sp³-hybridized carbons (Fsp3) is 0.526. The number of carbonyl (C=O) groups is 1. The van der Waals surface area contributed by atoms with Crippen molar-refractivity contribution in [2.24, 2.45) is 0 Å². The number of thiazole rings is 1. The minimum Gasteiger partial charge on any atom is -0.359 e. The van der Waals surface area contributed by atoms with Gasteiger partial charge in [0, 0.05) is 54.9 Å². The number of nitrogens with zero attached hydrogens (tertiary/aromatic N) is 3. The van der Waals surface area contributed by atoms with Crippen LogP contribution in [0.25, 0.3) is 10.6 Å². The lowest BCUT2D eigenvalue weighted by Crippen LogP contribution is -2.41. The maximum Gasteiger partial charge on any atom is 0.225 e. The lowest BCUT2D eigenvalue weighted by molar-refractivity contribution is -0.120. The number of hydrogen-bond donors (Lipinski definition) is 1. The summed E-state index contributed by atoms with van der Waals surface area (Å²) in [6.45, 7) is 2.31. The second-order valence-corrected chi connectivity index (χ2v) is 7.98. The summed E-state index contributed by atoms with van der Waals surface area (Å²) in [4.78, 5) is 24.8.